The van der Waals surface area contributed by atoms with Crippen LogP contribution in [0.1, 0.15) is 109 Å². The highest BCUT2D eigenvalue weighted by Gasteiger charge is 2.36. The van der Waals surface area contributed by atoms with Gasteiger partial charge in [0.05, 0.1) is 6.10 Å². The number of methoxy groups -OCH3 is 2. The monoisotopic (exact) mass is 706 g/mol. The maximum Gasteiger partial charge on any atom is 0.211 e. The van der Waals surface area contributed by atoms with Crippen molar-refractivity contribution < 1.29 is 32.7 Å². The van der Waals surface area contributed by atoms with Gasteiger partial charge in [0.2, 0.25) is 6.41 Å². The summed E-state index contributed by atoms with van der Waals surface area (Å²) in [7, 11) is 5.87. The topological polar surface area (TPSA) is 124 Å². The Morgan fingerprint density at radius 3 is 2.12 bits per heavy atom. The van der Waals surface area contributed by atoms with Gasteiger partial charge in [-0.15, -0.1) is 0 Å². The first-order chi connectivity index (χ1) is 24.1. The zero-order chi connectivity index (χ0) is 37.5. The minimum atomic E-state index is -0.434. The second-order valence-electron chi connectivity index (χ2n) is 14.0. The third-order valence-corrected chi connectivity index (χ3v) is 10.4. The standard InChI is InChI=1S/C13H25NO.C10H7NO3.C9H16FNO.C6H14O.C2H6/c1-10-13(8-9-14(10)2)11-4-6-12(15-3)7-5-11;12-5-9-4-7-3-8(11-6-13)1-2-10(7)14-9;10-5-9(11)8-3-1-7(6-12)2-4-8;1-6(2)4-5-7-3;1-2/h10-13H,4-9H2,1-3H3;1-6H,(H,11,13);6-9H,1-5,11H2;6H,4-5H2,1-3H3;1-2H3. The number of rotatable bonds is 11. The van der Waals surface area contributed by atoms with E-state index in [0.717, 1.165) is 67.8 Å². The molecule has 0 spiro atoms. The molecule has 1 aromatic carbocycles. The first-order valence-corrected chi connectivity index (χ1v) is 18.8. The largest absolute Gasteiger partial charge is 0.453 e. The number of furan rings is 1. The van der Waals surface area contributed by atoms with Gasteiger partial charge in [-0.25, -0.2) is 4.39 Å². The predicted octanol–water partition coefficient (Wildman–Crippen LogP) is 8.34. The molecule has 1 aliphatic heterocycles. The van der Waals surface area contributed by atoms with Crippen LogP contribution >= 0.6 is 0 Å². The van der Waals surface area contributed by atoms with Crippen molar-refractivity contribution in [2.24, 2.45) is 35.3 Å². The van der Waals surface area contributed by atoms with Crippen LogP contribution in [0.2, 0.25) is 0 Å². The number of hydrogen-bond donors (Lipinski definition) is 2. The maximum atomic E-state index is 12.2. The van der Waals surface area contributed by atoms with Crippen LogP contribution in [0.25, 0.3) is 11.0 Å². The second-order valence-corrected chi connectivity index (χ2v) is 14.0. The van der Waals surface area contributed by atoms with Crippen molar-refractivity contribution in [2.75, 3.05) is 46.4 Å². The number of carbonyl (C=O) groups is 3. The molecular formula is C40H68FN3O6. The van der Waals surface area contributed by atoms with Gasteiger partial charge in [0, 0.05) is 49.9 Å². The summed E-state index contributed by atoms with van der Waals surface area (Å²) in [5.41, 5.74) is 6.87. The van der Waals surface area contributed by atoms with Crippen molar-refractivity contribution >= 4 is 35.6 Å². The third kappa shape index (κ3) is 16.1. The van der Waals surface area contributed by atoms with Crippen LogP contribution in [0, 0.1) is 29.6 Å². The fraction of sp³-hybridized carbons (Fsp3) is 0.725. The van der Waals surface area contributed by atoms with Crippen LogP contribution in [-0.2, 0) is 19.1 Å². The van der Waals surface area contributed by atoms with Crippen LogP contribution in [0.5, 0.6) is 0 Å². The first-order valence-electron chi connectivity index (χ1n) is 18.8. The van der Waals surface area contributed by atoms with Crippen LogP contribution in [0.4, 0.5) is 10.1 Å². The van der Waals surface area contributed by atoms with E-state index >= 15 is 0 Å². The molecule has 3 unspecified atom stereocenters. The van der Waals surface area contributed by atoms with Gasteiger partial charge >= 0.3 is 0 Å². The number of likely N-dealkylation sites (tertiary alicyclic amines) is 1. The number of ether oxygens (including phenoxy) is 2. The average Bonchev–Trinajstić information content (AvgIpc) is 3.73. The van der Waals surface area contributed by atoms with E-state index in [1.807, 2.05) is 21.0 Å². The summed E-state index contributed by atoms with van der Waals surface area (Å²) >= 11 is 0. The quantitative estimate of drug-likeness (QED) is 0.224. The Morgan fingerprint density at radius 2 is 1.66 bits per heavy atom. The first kappa shape index (κ1) is 45.4. The molecule has 1 saturated heterocycles. The lowest BCUT2D eigenvalue weighted by molar-refractivity contribution is -0.112. The molecule has 0 bridgehead atoms. The number of halogens is 1. The second kappa shape index (κ2) is 26.2. The van der Waals surface area contributed by atoms with E-state index in [1.54, 1.807) is 31.4 Å². The number of fused-ring (bicyclic) bond motifs is 1. The van der Waals surface area contributed by atoms with Gasteiger partial charge in [-0.1, -0.05) is 27.7 Å². The third-order valence-electron chi connectivity index (χ3n) is 10.4. The lowest BCUT2D eigenvalue weighted by atomic mass is 9.76. The Hall–Kier alpha value is -2.66. The Bertz CT molecular complexity index is 1180. The molecule has 5 rings (SSSR count). The van der Waals surface area contributed by atoms with Gasteiger partial charge in [-0.05, 0) is 133 Å². The molecule has 3 N–H and O–H groups in total. The van der Waals surface area contributed by atoms with Crippen LogP contribution in [0.15, 0.2) is 28.7 Å². The molecular weight excluding hydrogens is 637 g/mol. The summed E-state index contributed by atoms with van der Waals surface area (Å²) in [4.78, 5) is 33.5. The van der Waals surface area contributed by atoms with Crippen molar-refractivity contribution in [1.29, 1.82) is 0 Å². The maximum absolute atomic E-state index is 12.2. The number of carbonyl (C=O) groups excluding carboxylic acids is 3. The molecule has 2 aliphatic carbocycles. The van der Waals surface area contributed by atoms with Crippen LogP contribution in [0.3, 0.4) is 0 Å². The number of nitrogens with one attached hydrogen (secondary N) is 1. The summed E-state index contributed by atoms with van der Waals surface area (Å²) < 4.78 is 27.6. The van der Waals surface area contributed by atoms with E-state index < -0.39 is 6.67 Å². The molecule has 10 heteroatoms. The summed E-state index contributed by atoms with van der Waals surface area (Å²) in [6.07, 6.45) is 14.4. The Balaban J connectivity index is 0.000000337. The SMILES string of the molecule is CC.COC1CCC(C2CCN(C)C2C)CC1.COCCC(C)C.NC(CF)C1CCC(C=O)CC1.O=CNc1ccc2oc(C=O)cc2c1. The molecule has 50 heavy (non-hydrogen) atoms. The van der Waals surface area contributed by atoms with E-state index in [1.165, 1.54) is 45.1 Å². The average molecular weight is 706 g/mol. The number of aldehydes is 2. The van der Waals surface area contributed by atoms with E-state index in [2.05, 4.69) is 38.0 Å². The number of amides is 1. The normalized spacial score (nSPS) is 25.3. The van der Waals surface area contributed by atoms with Gasteiger partial charge in [-0.2, -0.15) is 0 Å². The molecule has 3 atom stereocenters. The molecule has 2 saturated carbocycles. The number of anilines is 1. The molecule has 1 amide bonds. The van der Waals surface area contributed by atoms with Crippen molar-refractivity contribution in [3.8, 4) is 0 Å². The summed E-state index contributed by atoms with van der Waals surface area (Å²) in [6, 6.07) is 7.26. The lowest BCUT2D eigenvalue weighted by Gasteiger charge is -2.34. The number of alkyl halides is 1. The van der Waals surface area contributed by atoms with Gasteiger partial charge in [0.25, 0.3) is 0 Å². The highest BCUT2D eigenvalue weighted by Crippen LogP contribution is 2.38. The highest BCUT2D eigenvalue weighted by atomic mass is 19.1. The van der Waals surface area contributed by atoms with E-state index in [-0.39, 0.29) is 17.7 Å². The minimum Gasteiger partial charge on any atom is -0.453 e. The van der Waals surface area contributed by atoms with Crippen molar-refractivity contribution in [3.63, 3.8) is 0 Å². The summed E-state index contributed by atoms with van der Waals surface area (Å²) in [5.74, 6) is 3.48. The molecule has 3 fully saturated rings. The molecule has 0 radical (unpaired) electrons. The number of nitrogens with two attached hydrogens (primary N) is 1. The van der Waals surface area contributed by atoms with E-state index in [0.29, 0.717) is 36.0 Å². The summed E-state index contributed by atoms with van der Waals surface area (Å²) in [6.45, 7) is 12.6. The fourth-order valence-electron chi connectivity index (χ4n) is 6.98. The molecule has 3 aliphatic rings. The Kier molecular flexibility index (Phi) is 23.7. The van der Waals surface area contributed by atoms with Crippen LogP contribution < -0.4 is 11.1 Å². The van der Waals surface area contributed by atoms with Crippen molar-refractivity contribution in [3.05, 3.63) is 30.0 Å². The van der Waals surface area contributed by atoms with Gasteiger partial charge in [0.1, 0.15) is 18.5 Å². The number of nitrogens with zero attached hydrogens (tertiary/aromatic N) is 1. The predicted molar refractivity (Wildman–Crippen MR) is 202 cm³/mol. The van der Waals surface area contributed by atoms with Crippen molar-refractivity contribution in [2.45, 2.75) is 117 Å². The zero-order valence-electron chi connectivity index (χ0n) is 32.2. The van der Waals surface area contributed by atoms with Crippen LogP contribution in [-0.4, -0.2) is 83.2 Å². The molecule has 2 heterocycles. The molecule has 2 aromatic rings. The number of benzene rings is 1. The zero-order valence-corrected chi connectivity index (χ0v) is 32.2. The van der Waals surface area contributed by atoms with E-state index in [9.17, 15) is 18.8 Å². The lowest BCUT2D eigenvalue weighted by Crippen LogP contribution is -2.34. The smallest absolute Gasteiger partial charge is 0.211 e. The highest BCUT2D eigenvalue weighted by molar-refractivity contribution is 5.88. The molecule has 1 aromatic heterocycles. The molecule has 9 nitrogen and oxygen atoms in total. The number of hydrogen-bond acceptors (Lipinski definition) is 8. The minimum absolute atomic E-state index is 0.202. The Labute approximate surface area is 301 Å². The fourth-order valence-corrected chi connectivity index (χ4v) is 6.98. The van der Waals surface area contributed by atoms with Gasteiger partial charge in [-0.3, -0.25) is 9.59 Å². The Morgan fingerprint density at radius 1 is 1.00 bits per heavy atom. The van der Waals surface area contributed by atoms with Crippen molar-refractivity contribution in [1.82, 2.24) is 4.90 Å². The molecule has 286 valence electrons. The van der Waals surface area contributed by atoms with Gasteiger partial charge < -0.3 is 34.6 Å². The summed E-state index contributed by atoms with van der Waals surface area (Å²) in [5, 5.41) is 3.31. The van der Waals surface area contributed by atoms with E-state index in [4.69, 9.17) is 19.6 Å². The van der Waals surface area contributed by atoms with Gasteiger partial charge in [0.15, 0.2) is 12.0 Å².